The van der Waals surface area contributed by atoms with Gasteiger partial charge in [0.25, 0.3) is 0 Å². The Balaban J connectivity index is 1.75. The van der Waals surface area contributed by atoms with Crippen LogP contribution in [-0.4, -0.2) is 34.8 Å². The summed E-state index contributed by atoms with van der Waals surface area (Å²) in [4.78, 5) is 16.2. The van der Waals surface area contributed by atoms with Crippen molar-refractivity contribution in [3.05, 3.63) is 59.2 Å². The molecule has 0 bridgehead atoms. The first-order valence-corrected chi connectivity index (χ1v) is 8.29. The third-order valence-corrected chi connectivity index (χ3v) is 4.49. The summed E-state index contributed by atoms with van der Waals surface area (Å²) in [5.74, 6) is 0.869. The van der Waals surface area contributed by atoms with E-state index in [9.17, 15) is 4.79 Å². The first-order chi connectivity index (χ1) is 12.2. The molecule has 1 fully saturated rings. The van der Waals surface area contributed by atoms with Crippen molar-refractivity contribution in [3.8, 4) is 5.75 Å². The summed E-state index contributed by atoms with van der Waals surface area (Å²) in [6.07, 6.45) is 4.86. The molecule has 4 rings (SSSR count). The molecule has 1 aliphatic carbocycles. The van der Waals surface area contributed by atoms with Crippen LogP contribution >= 0.6 is 0 Å². The number of methoxy groups -OCH3 is 2. The zero-order valence-corrected chi connectivity index (χ0v) is 14.2. The summed E-state index contributed by atoms with van der Waals surface area (Å²) in [6.45, 7) is 0. The Hall–Kier alpha value is -2.89. The van der Waals surface area contributed by atoms with Gasteiger partial charge in [-0.3, -0.25) is 0 Å². The smallest absolute Gasteiger partial charge is 0.356 e. The first-order valence-electron chi connectivity index (χ1n) is 8.29. The van der Waals surface area contributed by atoms with E-state index in [0.717, 1.165) is 22.7 Å². The Kier molecular flexibility index (Phi) is 3.87. The van der Waals surface area contributed by atoms with Crippen LogP contribution < -0.4 is 4.74 Å². The molecule has 1 aliphatic rings. The normalized spacial score (nSPS) is 13.8. The van der Waals surface area contributed by atoms with Crippen LogP contribution in [0.5, 0.6) is 5.75 Å². The minimum atomic E-state index is -0.422. The third kappa shape index (κ3) is 2.95. The fraction of sp³-hybridized carbons (Fsp3) is 0.316. The van der Waals surface area contributed by atoms with E-state index < -0.39 is 5.97 Å². The molecule has 128 valence electrons. The molecule has 0 spiro atoms. The van der Waals surface area contributed by atoms with Gasteiger partial charge in [-0.25, -0.2) is 14.3 Å². The van der Waals surface area contributed by atoms with E-state index >= 15 is 0 Å². The van der Waals surface area contributed by atoms with Crippen molar-refractivity contribution in [3.63, 3.8) is 0 Å². The summed E-state index contributed by atoms with van der Waals surface area (Å²) in [5.41, 5.74) is 4.49. The number of nitrogens with zero attached hydrogens (tertiary/aromatic N) is 3. The second kappa shape index (κ2) is 6.20. The molecule has 6 heteroatoms. The van der Waals surface area contributed by atoms with Crippen LogP contribution in [0.3, 0.4) is 0 Å². The van der Waals surface area contributed by atoms with Crippen LogP contribution in [0.4, 0.5) is 0 Å². The van der Waals surface area contributed by atoms with E-state index in [1.54, 1.807) is 13.2 Å². The molecule has 0 N–H and O–H groups in total. The van der Waals surface area contributed by atoms with Crippen molar-refractivity contribution in [2.24, 2.45) is 0 Å². The van der Waals surface area contributed by atoms with Gasteiger partial charge in [0.05, 0.1) is 31.6 Å². The van der Waals surface area contributed by atoms with Gasteiger partial charge >= 0.3 is 5.97 Å². The van der Waals surface area contributed by atoms with Crippen LogP contribution in [0, 0.1) is 0 Å². The molecular weight excluding hydrogens is 318 g/mol. The maximum Gasteiger partial charge on any atom is 0.356 e. The summed E-state index contributed by atoms with van der Waals surface area (Å²) >= 11 is 0. The van der Waals surface area contributed by atoms with Gasteiger partial charge in [0, 0.05) is 23.6 Å². The van der Waals surface area contributed by atoms with Gasteiger partial charge in [0.2, 0.25) is 0 Å². The van der Waals surface area contributed by atoms with E-state index in [0.29, 0.717) is 18.0 Å². The van der Waals surface area contributed by atoms with Crippen molar-refractivity contribution in [2.75, 3.05) is 14.2 Å². The number of esters is 1. The Morgan fingerprint density at radius 3 is 2.80 bits per heavy atom. The molecule has 0 amide bonds. The molecule has 0 unspecified atom stereocenters. The van der Waals surface area contributed by atoms with Crippen molar-refractivity contribution in [1.82, 2.24) is 14.6 Å². The summed E-state index contributed by atoms with van der Waals surface area (Å²) < 4.78 is 11.9. The molecular formula is C19H19N3O3. The molecule has 3 heterocycles. The molecule has 0 atom stereocenters. The molecule has 25 heavy (non-hydrogen) atoms. The molecule has 3 aromatic heterocycles. The fourth-order valence-electron chi connectivity index (χ4n) is 3.06. The number of hydrogen-bond acceptors (Lipinski definition) is 5. The lowest BCUT2D eigenvalue weighted by Crippen LogP contribution is -2.06. The Morgan fingerprint density at radius 2 is 2.08 bits per heavy atom. The van der Waals surface area contributed by atoms with Gasteiger partial charge in [-0.2, -0.15) is 5.10 Å². The van der Waals surface area contributed by atoms with E-state index in [2.05, 4.69) is 4.98 Å². The van der Waals surface area contributed by atoms with E-state index in [1.165, 1.54) is 25.5 Å². The van der Waals surface area contributed by atoms with Crippen LogP contribution in [0.2, 0.25) is 0 Å². The predicted molar refractivity (Wildman–Crippen MR) is 92.1 cm³/mol. The lowest BCUT2D eigenvalue weighted by atomic mass is 10.0. The highest BCUT2D eigenvalue weighted by Gasteiger charge is 2.30. The predicted octanol–water partition coefficient (Wildman–Crippen LogP) is 2.99. The van der Waals surface area contributed by atoms with Crippen molar-refractivity contribution >= 4 is 11.5 Å². The number of carbonyl (C=O) groups excluding carboxylic acids is 1. The van der Waals surface area contributed by atoms with Gasteiger partial charge in [-0.15, -0.1) is 0 Å². The Labute approximate surface area is 145 Å². The van der Waals surface area contributed by atoms with Gasteiger partial charge < -0.3 is 9.47 Å². The minimum Gasteiger partial charge on any atom is -0.495 e. The number of carbonyl (C=O) groups is 1. The van der Waals surface area contributed by atoms with Crippen molar-refractivity contribution < 1.29 is 14.3 Å². The summed E-state index contributed by atoms with van der Waals surface area (Å²) in [7, 11) is 3.01. The average molecular weight is 337 g/mol. The lowest BCUT2D eigenvalue weighted by Gasteiger charge is -2.05. The van der Waals surface area contributed by atoms with Crippen LogP contribution in [0.25, 0.3) is 5.52 Å². The molecule has 0 saturated heterocycles. The van der Waals surface area contributed by atoms with E-state index in [4.69, 9.17) is 14.6 Å². The molecule has 3 aromatic rings. The topological polar surface area (TPSA) is 65.7 Å². The van der Waals surface area contributed by atoms with Crippen LogP contribution in [0.1, 0.15) is 46.2 Å². The molecule has 0 radical (unpaired) electrons. The quantitative estimate of drug-likeness (QED) is 0.670. The zero-order chi connectivity index (χ0) is 17.4. The summed E-state index contributed by atoms with van der Waals surface area (Å²) in [6, 6.07) is 9.39. The van der Waals surface area contributed by atoms with Gasteiger partial charge in [-0.05, 0) is 37.1 Å². The largest absolute Gasteiger partial charge is 0.495 e. The number of pyridine rings is 2. The fourth-order valence-corrected chi connectivity index (χ4v) is 3.06. The monoisotopic (exact) mass is 337 g/mol. The first kappa shape index (κ1) is 15.6. The second-order valence-corrected chi connectivity index (χ2v) is 6.22. The highest BCUT2D eigenvalue weighted by atomic mass is 16.5. The van der Waals surface area contributed by atoms with Crippen molar-refractivity contribution in [1.29, 1.82) is 0 Å². The maximum absolute atomic E-state index is 11.7. The van der Waals surface area contributed by atoms with Crippen LogP contribution in [-0.2, 0) is 11.2 Å². The van der Waals surface area contributed by atoms with Crippen molar-refractivity contribution in [2.45, 2.75) is 25.2 Å². The molecule has 0 aromatic carbocycles. The number of hydrogen-bond donors (Lipinski definition) is 0. The second-order valence-electron chi connectivity index (χ2n) is 6.22. The average Bonchev–Trinajstić information content (AvgIpc) is 3.44. The minimum absolute atomic E-state index is 0.325. The highest BCUT2D eigenvalue weighted by Crippen LogP contribution is 2.42. The van der Waals surface area contributed by atoms with E-state index in [1.807, 2.05) is 35.0 Å². The highest BCUT2D eigenvalue weighted by molar-refractivity contribution is 5.87. The van der Waals surface area contributed by atoms with Crippen LogP contribution in [0.15, 0.2) is 36.5 Å². The molecule has 6 nitrogen and oxygen atoms in total. The maximum atomic E-state index is 11.7. The van der Waals surface area contributed by atoms with Gasteiger partial charge in [0.15, 0.2) is 0 Å². The number of aromatic nitrogens is 3. The Bertz CT molecular complexity index is 944. The zero-order valence-electron chi connectivity index (χ0n) is 14.2. The number of rotatable bonds is 5. The van der Waals surface area contributed by atoms with Gasteiger partial charge in [0.1, 0.15) is 11.4 Å². The molecule has 1 saturated carbocycles. The standard InChI is InChI=1S/C19H19N3O3/c1-24-14-8-9-17-15(18(12-6-7-12)21-22(17)11-14)10-13-4-3-5-16(20-13)19(23)25-2/h3-5,8-9,11-12H,6-7,10H2,1-2H3. The molecule has 0 aliphatic heterocycles. The van der Waals surface area contributed by atoms with E-state index in [-0.39, 0.29) is 0 Å². The number of fused-ring (bicyclic) bond motifs is 1. The SMILES string of the molecule is COC(=O)c1cccc(Cc2c(C3CC3)nn3cc(OC)ccc23)n1. The number of ether oxygens (including phenoxy) is 2. The summed E-state index contributed by atoms with van der Waals surface area (Å²) in [5, 5.41) is 4.77. The van der Waals surface area contributed by atoms with Gasteiger partial charge in [-0.1, -0.05) is 6.07 Å². The lowest BCUT2D eigenvalue weighted by molar-refractivity contribution is 0.0593. The Morgan fingerprint density at radius 1 is 1.24 bits per heavy atom. The third-order valence-electron chi connectivity index (χ3n) is 4.49.